The number of nitrogens with one attached hydrogen (secondary N) is 3. The van der Waals surface area contributed by atoms with E-state index in [-0.39, 0.29) is 40.4 Å². The van der Waals surface area contributed by atoms with Gasteiger partial charge in [0.25, 0.3) is 0 Å². The second-order valence-corrected chi connectivity index (χ2v) is 10.6. The third-order valence-corrected chi connectivity index (χ3v) is 7.67. The number of amides is 3. The molecule has 1 aliphatic carbocycles. The van der Waals surface area contributed by atoms with E-state index in [2.05, 4.69) is 29.8 Å². The first-order valence-electron chi connectivity index (χ1n) is 11.8. The van der Waals surface area contributed by atoms with E-state index >= 15 is 0 Å². The van der Waals surface area contributed by atoms with E-state index in [4.69, 9.17) is 4.74 Å². The smallest absolute Gasteiger partial charge is 0.245 e. The van der Waals surface area contributed by atoms with Gasteiger partial charge in [-0.25, -0.2) is 0 Å². The van der Waals surface area contributed by atoms with Crippen LogP contribution in [0.1, 0.15) is 32.8 Å². The highest BCUT2D eigenvalue weighted by Crippen LogP contribution is 2.54. The number of carbonyl (C=O) groups is 3. The van der Waals surface area contributed by atoms with Crippen LogP contribution in [0.2, 0.25) is 0 Å². The van der Waals surface area contributed by atoms with Gasteiger partial charge in [0.15, 0.2) is 0 Å². The Labute approximate surface area is 195 Å². The van der Waals surface area contributed by atoms with E-state index in [1.807, 2.05) is 35.2 Å². The standard InChI is InChI=1S/C25H36N4O4/c1-16(33-12-17-8-6-5-7-9-17)20(22(31)26-4)28-21(30)19-11-27-13-25(19)14-29(15-25)23(32)18-10-24(18,2)3/h5-9,16,18-20,27H,10-15H2,1-4H3,(H,26,31)(H,28,30)/t16-,18-,19+,20+/m1/s1. The van der Waals surface area contributed by atoms with Gasteiger partial charge < -0.3 is 25.6 Å². The first-order valence-corrected chi connectivity index (χ1v) is 11.8. The van der Waals surface area contributed by atoms with Gasteiger partial charge in [-0.2, -0.15) is 0 Å². The van der Waals surface area contributed by atoms with Crippen LogP contribution < -0.4 is 16.0 Å². The third kappa shape index (κ3) is 4.77. The number of likely N-dealkylation sites (tertiary alicyclic amines) is 1. The molecule has 3 fully saturated rings. The topological polar surface area (TPSA) is 99.8 Å². The lowest BCUT2D eigenvalue weighted by molar-refractivity contribution is -0.152. The fourth-order valence-electron chi connectivity index (χ4n) is 5.19. The molecule has 0 aromatic heterocycles. The van der Waals surface area contributed by atoms with Gasteiger partial charge in [-0.05, 0) is 24.3 Å². The molecule has 1 spiro atoms. The normalized spacial score (nSPS) is 26.2. The lowest BCUT2D eigenvalue weighted by atomic mass is 9.70. The monoisotopic (exact) mass is 456 g/mol. The Morgan fingerprint density at radius 3 is 2.45 bits per heavy atom. The van der Waals surface area contributed by atoms with Crippen molar-refractivity contribution in [3.8, 4) is 0 Å². The molecule has 8 nitrogen and oxygen atoms in total. The number of carbonyl (C=O) groups excluding carboxylic acids is 3. The summed E-state index contributed by atoms with van der Waals surface area (Å²) in [4.78, 5) is 40.5. The first kappa shape index (κ1) is 23.7. The Hall–Kier alpha value is -2.45. The molecule has 2 aliphatic heterocycles. The SMILES string of the molecule is CNC(=O)[C@@H](NC(=O)[C@@H]1CNCC12CN(C(=O)[C@H]1CC1(C)C)C2)[C@@H](C)OCc1ccccc1. The van der Waals surface area contributed by atoms with Crippen LogP contribution in [0, 0.1) is 22.7 Å². The highest BCUT2D eigenvalue weighted by Gasteiger charge is 2.60. The van der Waals surface area contributed by atoms with Gasteiger partial charge in [-0.1, -0.05) is 44.2 Å². The van der Waals surface area contributed by atoms with Gasteiger partial charge >= 0.3 is 0 Å². The average Bonchev–Trinajstić information content (AvgIpc) is 3.20. The molecule has 3 aliphatic rings. The van der Waals surface area contributed by atoms with Crippen molar-refractivity contribution in [2.45, 2.75) is 45.9 Å². The summed E-state index contributed by atoms with van der Waals surface area (Å²) in [5, 5.41) is 8.91. The van der Waals surface area contributed by atoms with E-state index < -0.39 is 12.1 Å². The highest BCUT2D eigenvalue weighted by atomic mass is 16.5. The number of hydrogen-bond acceptors (Lipinski definition) is 5. The van der Waals surface area contributed by atoms with Crippen molar-refractivity contribution in [2.75, 3.05) is 33.2 Å². The van der Waals surface area contributed by atoms with Gasteiger partial charge in [0.05, 0.1) is 18.6 Å². The molecule has 1 aromatic carbocycles. The van der Waals surface area contributed by atoms with Crippen LogP contribution in [-0.4, -0.2) is 68.0 Å². The van der Waals surface area contributed by atoms with Gasteiger partial charge in [-0.3, -0.25) is 14.4 Å². The third-order valence-electron chi connectivity index (χ3n) is 7.67. The summed E-state index contributed by atoms with van der Waals surface area (Å²) in [5.41, 5.74) is 0.838. The summed E-state index contributed by atoms with van der Waals surface area (Å²) in [6, 6.07) is 8.93. The summed E-state index contributed by atoms with van der Waals surface area (Å²) in [7, 11) is 1.55. The molecule has 0 unspecified atom stereocenters. The van der Waals surface area contributed by atoms with Crippen molar-refractivity contribution >= 4 is 17.7 Å². The van der Waals surface area contributed by atoms with Crippen LogP contribution in [0.4, 0.5) is 0 Å². The molecule has 33 heavy (non-hydrogen) atoms. The quantitative estimate of drug-likeness (QED) is 0.540. The van der Waals surface area contributed by atoms with E-state index in [0.29, 0.717) is 32.8 Å². The molecular formula is C25H36N4O4. The molecule has 2 heterocycles. The molecule has 4 rings (SSSR count). The molecule has 180 valence electrons. The van der Waals surface area contributed by atoms with Crippen LogP contribution in [-0.2, 0) is 25.7 Å². The van der Waals surface area contributed by atoms with Crippen LogP contribution in [0.3, 0.4) is 0 Å². The number of benzene rings is 1. The van der Waals surface area contributed by atoms with Crippen LogP contribution in [0.15, 0.2) is 30.3 Å². The van der Waals surface area contributed by atoms with E-state index in [1.165, 1.54) is 0 Å². The minimum Gasteiger partial charge on any atom is -0.371 e. The molecule has 3 N–H and O–H groups in total. The van der Waals surface area contributed by atoms with Gasteiger partial charge in [0.1, 0.15) is 6.04 Å². The predicted octanol–water partition coefficient (Wildman–Crippen LogP) is 0.917. The molecule has 0 bridgehead atoms. The molecule has 3 amide bonds. The molecule has 8 heteroatoms. The highest BCUT2D eigenvalue weighted by molar-refractivity contribution is 5.90. The van der Waals surface area contributed by atoms with Crippen molar-refractivity contribution in [2.24, 2.45) is 22.7 Å². The summed E-state index contributed by atoms with van der Waals surface area (Å²) in [5.74, 6) is -0.422. The number of ether oxygens (including phenoxy) is 1. The zero-order valence-electron chi connectivity index (χ0n) is 20.0. The van der Waals surface area contributed by atoms with Gasteiger partial charge in [0, 0.05) is 44.6 Å². The van der Waals surface area contributed by atoms with Crippen molar-refractivity contribution < 1.29 is 19.1 Å². The lowest BCUT2D eigenvalue weighted by Gasteiger charge is -2.50. The summed E-state index contributed by atoms with van der Waals surface area (Å²) in [6.45, 7) is 8.83. The predicted molar refractivity (Wildman–Crippen MR) is 124 cm³/mol. The second kappa shape index (κ2) is 9.06. The number of likely N-dealkylation sites (N-methyl/N-ethyl adjacent to an activating group) is 1. The van der Waals surface area contributed by atoms with Crippen molar-refractivity contribution in [3.63, 3.8) is 0 Å². The Balaban J connectivity index is 1.36. The fourth-order valence-corrected chi connectivity index (χ4v) is 5.19. The largest absolute Gasteiger partial charge is 0.371 e. The molecular weight excluding hydrogens is 420 g/mol. The lowest BCUT2D eigenvalue weighted by Crippen LogP contribution is -2.65. The maximum atomic E-state index is 13.3. The molecule has 0 radical (unpaired) electrons. The number of rotatable bonds is 8. The minimum atomic E-state index is -0.797. The molecule has 1 aromatic rings. The fraction of sp³-hybridized carbons (Fsp3) is 0.640. The molecule has 2 saturated heterocycles. The zero-order valence-corrected chi connectivity index (χ0v) is 20.0. The molecule has 1 saturated carbocycles. The van der Waals surface area contributed by atoms with Crippen LogP contribution in [0.5, 0.6) is 0 Å². The number of nitrogens with zero attached hydrogens (tertiary/aromatic N) is 1. The maximum absolute atomic E-state index is 13.3. The van der Waals surface area contributed by atoms with Crippen molar-refractivity contribution in [3.05, 3.63) is 35.9 Å². The Morgan fingerprint density at radius 2 is 1.85 bits per heavy atom. The van der Waals surface area contributed by atoms with E-state index in [1.54, 1.807) is 14.0 Å². The summed E-state index contributed by atoms with van der Waals surface area (Å²) < 4.78 is 5.93. The van der Waals surface area contributed by atoms with Crippen molar-refractivity contribution in [1.29, 1.82) is 0 Å². The van der Waals surface area contributed by atoms with Gasteiger partial charge in [-0.15, -0.1) is 0 Å². The Morgan fingerprint density at radius 1 is 1.18 bits per heavy atom. The van der Waals surface area contributed by atoms with Crippen LogP contribution >= 0.6 is 0 Å². The van der Waals surface area contributed by atoms with Crippen molar-refractivity contribution in [1.82, 2.24) is 20.9 Å². The Kier molecular flexibility index (Phi) is 6.51. The van der Waals surface area contributed by atoms with Crippen LogP contribution in [0.25, 0.3) is 0 Å². The maximum Gasteiger partial charge on any atom is 0.245 e. The average molecular weight is 457 g/mol. The zero-order chi connectivity index (χ0) is 23.8. The Bertz CT molecular complexity index is 897. The first-order chi connectivity index (χ1) is 15.7. The minimum absolute atomic E-state index is 0.0984. The second-order valence-electron chi connectivity index (χ2n) is 10.6. The molecule has 4 atom stereocenters. The van der Waals surface area contributed by atoms with E-state index in [9.17, 15) is 14.4 Å². The number of hydrogen-bond donors (Lipinski definition) is 3. The summed E-state index contributed by atoms with van der Waals surface area (Å²) >= 11 is 0. The summed E-state index contributed by atoms with van der Waals surface area (Å²) in [6.07, 6.45) is 0.433. The van der Waals surface area contributed by atoms with Gasteiger partial charge in [0.2, 0.25) is 17.7 Å². The van der Waals surface area contributed by atoms with E-state index in [0.717, 1.165) is 12.0 Å².